The van der Waals surface area contributed by atoms with Crippen molar-refractivity contribution in [3.63, 3.8) is 0 Å². The highest BCUT2D eigenvalue weighted by atomic mass is 16.6. The fourth-order valence-electron chi connectivity index (χ4n) is 2.07. The van der Waals surface area contributed by atoms with Crippen molar-refractivity contribution < 1.29 is 4.84 Å². The van der Waals surface area contributed by atoms with Crippen molar-refractivity contribution in [2.24, 2.45) is 17.0 Å². The van der Waals surface area contributed by atoms with E-state index in [1.54, 1.807) is 0 Å². The monoisotopic (exact) mass is 177 g/mol. The Morgan fingerprint density at radius 1 is 1.38 bits per heavy atom. The van der Waals surface area contributed by atoms with Gasteiger partial charge in [0.1, 0.15) is 0 Å². The molecule has 2 aliphatic carbocycles. The van der Waals surface area contributed by atoms with Crippen LogP contribution in [0.25, 0.3) is 0 Å². The highest BCUT2D eigenvalue weighted by Crippen LogP contribution is 2.44. The number of rotatable bonds is 3. The summed E-state index contributed by atoms with van der Waals surface area (Å²) in [5.74, 6) is 4.31. The summed E-state index contributed by atoms with van der Waals surface area (Å²) in [7, 11) is 0. The molecule has 0 N–H and O–H groups in total. The van der Waals surface area contributed by atoms with Gasteiger partial charge in [0.25, 0.3) is 0 Å². The third kappa shape index (κ3) is 2.24. The third-order valence-corrected chi connectivity index (χ3v) is 2.93. The summed E-state index contributed by atoms with van der Waals surface area (Å²) in [5, 5.41) is 4.05. The van der Waals surface area contributed by atoms with Gasteiger partial charge in [0, 0.05) is 0 Å². The van der Waals surface area contributed by atoms with Crippen LogP contribution in [-0.4, -0.2) is 12.3 Å². The van der Waals surface area contributed by atoms with Crippen molar-refractivity contribution in [1.29, 1.82) is 0 Å². The minimum Gasteiger partial charge on any atom is -0.383 e. The third-order valence-electron chi connectivity index (χ3n) is 2.93. The van der Waals surface area contributed by atoms with Gasteiger partial charge in [-0.1, -0.05) is 11.1 Å². The Kier molecular flexibility index (Phi) is 2.54. The van der Waals surface area contributed by atoms with E-state index in [2.05, 4.69) is 11.1 Å². The Morgan fingerprint density at radius 2 is 2.23 bits per heavy atom. The van der Waals surface area contributed by atoms with Gasteiger partial charge in [-0.25, -0.2) is 0 Å². The first-order valence-electron chi connectivity index (χ1n) is 5.01. The standard InChI is InChI=1S/C11H15NO/c1-2-7-13-12-11-6-5-10(8-11)9-3-4-9/h1,9-10H,3-8H2/b12-11+. The molecule has 13 heavy (non-hydrogen) atoms. The van der Waals surface area contributed by atoms with Gasteiger partial charge in [-0.3, -0.25) is 0 Å². The topological polar surface area (TPSA) is 21.6 Å². The van der Waals surface area contributed by atoms with Gasteiger partial charge in [-0.05, 0) is 43.9 Å². The molecule has 0 bridgehead atoms. The van der Waals surface area contributed by atoms with Crippen molar-refractivity contribution in [3.05, 3.63) is 0 Å². The summed E-state index contributed by atoms with van der Waals surface area (Å²) in [6, 6.07) is 0. The Morgan fingerprint density at radius 3 is 2.92 bits per heavy atom. The maximum Gasteiger partial charge on any atom is 0.177 e. The van der Waals surface area contributed by atoms with Crippen LogP contribution in [0.4, 0.5) is 0 Å². The molecule has 0 aromatic heterocycles. The lowest BCUT2D eigenvalue weighted by atomic mass is 10.0. The molecule has 2 saturated carbocycles. The van der Waals surface area contributed by atoms with Crippen molar-refractivity contribution in [2.75, 3.05) is 6.61 Å². The van der Waals surface area contributed by atoms with E-state index in [-0.39, 0.29) is 0 Å². The molecule has 2 nitrogen and oxygen atoms in total. The predicted molar refractivity (Wildman–Crippen MR) is 52.3 cm³/mol. The zero-order valence-corrected chi connectivity index (χ0v) is 7.83. The van der Waals surface area contributed by atoms with Gasteiger partial charge in [-0.2, -0.15) is 0 Å². The van der Waals surface area contributed by atoms with Crippen molar-refractivity contribution in [2.45, 2.75) is 32.1 Å². The van der Waals surface area contributed by atoms with Gasteiger partial charge < -0.3 is 4.84 Å². The molecule has 70 valence electrons. The van der Waals surface area contributed by atoms with Crippen LogP contribution in [0.2, 0.25) is 0 Å². The second kappa shape index (κ2) is 3.83. The first-order valence-corrected chi connectivity index (χ1v) is 5.01. The smallest absolute Gasteiger partial charge is 0.177 e. The number of terminal acetylenes is 1. The average molecular weight is 177 g/mol. The fraction of sp³-hybridized carbons (Fsp3) is 0.727. The van der Waals surface area contributed by atoms with Gasteiger partial charge in [0.05, 0.1) is 5.71 Å². The molecule has 2 rings (SSSR count). The van der Waals surface area contributed by atoms with E-state index in [1.165, 1.54) is 25.0 Å². The maximum atomic E-state index is 5.05. The lowest BCUT2D eigenvalue weighted by molar-refractivity contribution is 0.178. The summed E-state index contributed by atoms with van der Waals surface area (Å²) >= 11 is 0. The Hall–Kier alpha value is -0.970. The first kappa shape index (κ1) is 8.62. The zero-order chi connectivity index (χ0) is 9.10. The highest BCUT2D eigenvalue weighted by Gasteiger charge is 2.35. The fourth-order valence-corrected chi connectivity index (χ4v) is 2.07. The molecule has 0 amide bonds. The Balaban J connectivity index is 1.76. The van der Waals surface area contributed by atoms with E-state index in [1.807, 2.05) is 0 Å². The summed E-state index contributed by atoms with van der Waals surface area (Å²) in [6.07, 6.45) is 11.5. The first-order chi connectivity index (χ1) is 6.40. The van der Waals surface area contributed by atoms with Crippen molar-refractivity contribution in [1.82, 2.24) is 0 Å². The number of hydrogen-bond donors (Lipinski definition) is 0. The number of hydrogen-bond acceptors (Lipinski definition) is 2. The van der Waals surface area contributed by atoms with E-state index >= 15 is 0 Å². The molecule has 2 fully saturated rings. The SMILES string of the molecule is C#CCO/N=C1\CCC(C2CC2)C1. The van der Waals surface area contributed by atoms with Crippen molar-refractivity contribution in [3.8, 4) is 12.3 Å². The van der Waals surface area contributed by atoms with Crippen LogP contribution in [0.1, 0.15) is 32.1 Å². The molecule has 0 aromatic rings. The molecule has 0 heterocycles. The van der Waals surface area contributed by atoms with Crippen LogP contribution in [0.3, 0.4) is 0 Å². The minimum absolute atomic E-state index is 0.303. The molecule has 2 aliphatic rings. The molecule has 2 heteroatoms. The number of nitrogens with zero attached hydrogens (tertiary/aromatic N) is 1. The molecule has 0 aliphatic heterocycles. The van der Waals surface area contributed by atoms with Crippen LogP contribution in [0, 0.1) is 24.2 Å². The molecule has 0 saturated heterocycles. The average Bonchev–Trinajstić information content (AvgIpc) is 2.88. The van der Waals surface area contributed by atoms with Gasteiger partial charge in [0.15, 0.2) is 6.61 Å². The largest absolute Gasteiger partial charge is 0.383 e. The Labute approximate surface area is 79.3 Å². The Bertz CT molecular complexity index is 247. The van der Waals surface area contributed by atoms with E-state index < -0.39 is 0 Å². The van der Waals surface area contributed by atoms with Gasteiger partial charge >= 0.3 is 0 Å². The molecular weight excluding hydrogens is 162 g/mol. The molecule has 1 atom stereocenters. The zero-order valence-electron chi connectivity index (χ0n) is 7.83. The highest BCUT2D eigenvalue weighted by molar-refractivity contribution is 5.86. The lowest BCUT2D eigenvalue weighted by Crippen LogP contribution is -1.98. The normalized spacial score (nSPS) is 30.4. The van der Waals surface area contributed by atoms with E-state index in [4.69, 9.17) is 11.3 Å². The van der Waals surface area contributed by atoms with Gasteiger partial charge in [0.2, 0.25) is 0 Å². The second-order valence-corrected chi connectivity index (χ2v) is 3.98. The van der Waals surface area contributed by atoms with E-state index in [0.29, 0.717) is 6.61 Å². The number of oxime groups is 1. The molecule has 0 aromatic carbocycles. The predicted octanol–water partition coefficient (Wildman–Crippen LogP) is 2.20. The quantitative estimate of drug-likeness (QED) is 0.368. The van der Waals surface area contributed by atoms with Crippen LogP contribution in [0.15, 0.2) is 5.16 Å². The van der Waals surface area contributed by atoms with Crippen LogP contribution in [0.5, 0.6) is 0 Å². The molecule has 0 radical (unpaired) electrons. The van der Waals surface area contributed by atoms with Crippen LogP contribution < -0.4 is 0 Å². The van der Waals surface area contributed by atoms with Crippen LogP contribution in [-0.2, 0) is 4.84 Å². The summed E-state index contributed by atoms with van der Waals surface area (Å²) in [4.78, 5) is 4.97. The summed E-state index contributed by atoms with van der Waals surface area (Å²) < 4.78 is 0. The maximum absolute atomic E-state index is 5.05. The molecule has 1 unspecified atom stereocenters. The van der Waals surface area contributed by atoms with Crippen LogP contribution >= 0.6 is 0 Å². The summed E-state index contributed by atoms with van der Waals surface area (Å²) in [6.45, 7) is 0.303. The molecular formula is C11H15NO. The van der Waals surface area contributed by atoms with Crippen molar-refractivity contribution >= 4 is 5.71 Å². The van der Waals surface area contributed by atoms with Gasteiger partial charge in [-0.15, -0.1) is 6.42 Å². The van der Waals surface area contributed by atoms with E-state index in [9.17, 15) is 0 Å². The van der Waals surface area contributed by atoms with E-state index in [0.717, 1.165) is 24.7 Å². The minimum atomic E-state index is 0.303. The lowest BCUT2D eigenvalue weighted by Gasteiger charge is -2.02. The molecule has 0 spiro atoms. The summed E-state index contributed by atoms with van der Waals surface area (Å²) in [5.41, 5.74) is 1.21. The second-order valence-electron chi connectivity index (χ2n) is 3.98.